The molecule has 146 valence electrons. The Morgan fingerprint density at radius 2 is 2.15 bits per heavy atom. The van der Waals surface area contributed by atoms with Gasteiger partial charge in [0, 0.05) is 42.6 Å². The van der Waals surface area contributed by atoms with E-state index in [0.29, 0.717) is 6.42 Å². The second kappa shape index (κ2) is 10.0. The first-order chi connectivity index (χ1) is 13.2. The fourth-order valence-electron chi connectivity index (χ4n) is 3.33. The molecule has 0 radical (unpaired) electrons. The highest BCUT2D eigenvalue weighted by molar-refractivity contribution is 7.09. The van der Waals surface area contributed by atoms with Gasteiger partial charge in [-0.3, -0.25) is 4.79 Å². The number of nitrogens with zero attached hydrogens (tertiary/aromatic N) is 3. The van der Waals surface area contributed by atoms with Crippen molar-refractivity contribution in [3.05, 3.63) is 40.7 Å². The van der Waals surface area contributed by atoms with Gasteiger partial charge < -0.3 is 10.2 Å². The van der Waals surface area contributed by atoms with Crippen LogP contribution in [0.25, 0.3) is 0 Å². The van der Waals surface area contributed by atoms with Crippen LogP contribution in [0.5, 0.6) is 0 Å². The first-order valence-electron chi connectivity index (χ1n) is 9.75. The Balaban J connectivity index is 1.54. The van der Waals surface area contributed by atoms with Crippen LogP contribution in [0.3, 0.4) is 0 Å². The number of aromatic nitrogens is 2. The van der Waals surface area contributed by atoms with Crippen molar-refractivity contribution in [2.45, 2.75) is 45.4 Å². The Morgan fingerprint density at radius 3 is 2.93 bits per heavy atom. The molecule has 5 nitrogen and oxygen atoms in total. The lowest BCUT2D eigenvalue weighted by Crippen LogP contribution is -2.43. The number of benzene rings is 1. The number of rotatable bonds is 8. The van der Waals surface area contributed by atoms with Crippen molar-refractivity contribution < 1.29 is 4.79 Å². The molecule has 27 heavy (non-hydrogen) atoms. The van der Waals surface area contributed by atoms with Crippen molar-refractivity contribution in [1.82, 2.24) is 14.7 Å². The highest BCUT2D eigenvalue weighted by Gasteiger charge is 2.27. The smallest absolute Gasteiger partial charge is 0.224 e. The maximum absolute atomic E-state index is 12.4. The number of nitrogens with one attached hydrogen (secondary N) is 1. The third kappa shape index (κ3) is 5.91. The molecule has 0 aliphatic carbocycles. The molecule has 1 aromatic carbocycles. The van der Waals surface area contributed by atoms with E-state index in [-0.39, 0.29) is 11.8 Å². The second-order valence-electron chi connectivity index (χ2n) is 7.08. The molecule has 1 aliphatic heterocycles. The minimum Gasteiger partial charge on any atom is -0.356 e. The summed E-state index contributed by atoms with van der Waals surface area (Å²) in [7, 11) is 0. The lowest BCUT2D eigenvalue weighted by atomic mass is 9.97. The Morgan fingerprint density at radius 1 is 1.33 bits per heavy atom. The van der Waals surface area contributed by atoms with E-state index in [0.717, 1.165) is 66.9 Å². The predicted octanol–water partition coefficient (Wildman–Crippen LogP) is 4.31. The van der Waals surface area contributed by atoms with E-state index in [9.17, 15) is 4.79 Å². The zero-order valence-corrected chi connectivity index (χ0v) is 17.4. The Labute approximate surface area is 170 Å². The van der Waals surface area contributed by atoms with Crippen LogP contribution in [0.2, 0.25) is 5.02 Å². The van der Waals surface area contributed by atoms with E-state index in [2.05, 4.69) is 21.5 Å². The van der Waals surface area contributed by atoms with Gasteiger partial charge in [0.1, 0.15) is 5.82 Å². The quantitative estimate of drug-likeness (QED) is 0.664. The molecule has 7 heteroatoms. The van der Waals surface area contributed by atoms with Gasteiger partial charge in [0.25, 0.3) is 0 Å². The van der Waals surface area contributed by atoms with Crippen LogP contribution in [-0.2, 0) is 11.2 Å². The fourth-order valence-corrected chi connectivity index (χ4v) is 4.17. The van der Waals surface area contributed by atoms with Crippen molar-refractivity contribution in [1.29, 1.82) is 0 Å². The first kappa shape index (κ1) is 20.1. The molecule has 1 N–H and O–H groups in total. The third-order valence-corrected chi connectivity index (χ3v) is 5.94. The summed E-state index contributed by atoms with van der Waals surface area (Å²) < 4.78 is 4.50. The molecular formula is C20H27ClN4OS. The normalized spacial score (nSPS) is 17.1. The maximum Gasteiger partial charge on any atom is 0.224 e. The number of carbonyl (C=O) groups excluding carboxylic acids is 1. The summed E-state index contributed by atoms with van der Waals surface area (Å²) in [6, 6.07) is 7.78. The number of amides is 1. The van der Waals surface area contributed by atoms with Crippen molar-refractivity contribution in [2.75, 3.05) is 24.5 Å². The SMILES string of the molecule is CCCCCNC(=O)C1CCCN(c2nc(Cc3ccc(Cl)cc3)ns2)C1. The van der Waals surface area contributed by atoms with Gasteiger partial charge in [0.2, 0.25) is 11.0 Å². The van der Waals surface area contributed by atoms with Gasteiger partial charge in [-0.25, -0.2) is 4.98 Å². The van der Waals surface area contributed by atoms with Crippen molar-refractivity contribution >= 4 is 34.2 Å². The van der Waals surface area contributed by atoms with E-state index < -0.39 is 0 Å². The van der Waals surface area contributed by atoms with Crippen molar-refractivity contribution in [3.8, 4) is 0 Å². The summed E-state index contributed by atoms with van der Waals surface area (Å²) >= 11 is 7.36. The highest BCUT2D eigenvalue weighted by atomic mass is 35.5. The Hall–Kier alpha value is -1.66. The van der Waals surface area contributed by atoms with Gasteiger partial charge in [-0.2, -0.15) is 4.37 Å². The number of hydrogen-bond acceptors (Lipinski definition) is 5. The number of anilines is 1. The molecule has 2 heterocycles. The number of piperidine rings is 1. The first-order valence-corrected chi connectivity index (χ1v) is 10.9. The van der Waals surface area contributed by atoms with Gasteiger partial charge in [-0.15, -0.1) is 0 Å². The van der Waals surface area contributed by atoms with E-state index in [4.69, 9.17) is 16.6 Å². The van der Waals surface area contributed by atoms with Crippen LogP contribution in [0.4, 0.5) is 5.13 Å². The molecule has 1 aromatic heterocycles. The molecule has 1 saturated heterocycles. The molecule has 1 amide bonds. The number of halogens is 1. The van der Waals surface area contributed by atoms with Crippen LogP contribution in [-0.4, -0.2) is 34.9 Å². The number of hydrogen-bond donors (Lipinski definition) is 1. The molecule has 1 fully saturated rings. The average Bonchev–Trinajstić information content (AvgIpc) is 3.15. The molecule has 1 atom stereocenters. The second-order valence-corrected chi connectivity index (χ2v) is 8.25. The molecule has 1 aliphatic rings. The monoisotopic (exact) mass is 406 g/mol. The minimum atomic E-state index is 0.0454. The summed E-state index contributed by atoms with van der Waals surface area (Å²) in [4.78, 5) is 19.3. The fraction of sp³-hybridized carbons (Fsp3) is 0.550. The number of carbonyl (C=O) groups is 1. The van der Waals surface area contributed by atoms with E-state index in [1.165, 1.54) is 18.0 Å². The molecule has 0 bridgehead atoms. The lowest BCUT2D eigenvalue weighted by Gasteiger charge is -2.31. The van der Waals surface area contributed by atoms with E-state index in [1.54, 1.807) is 0 Å². The topological polar surface area (TPSA) is 58.1 Å². The summed E-state index contributed by atoms with van der Waals surface area (Å²) in [5.41, 5.74) is 1.15. The van der Waals surface area contributed by atoms with Gasteiger partial charge in [0.15, 0.2) is 0 Å². The van der Waals surface area contributed by atoms with Crippen molar-refractivity contribution in [2.24, 2.45) is 5.92 Å². The summed E-state index contributed by atoms with van der Waals surface area (Å²) in [6.07, 6.45) is 6.05. The summed E-state index contributed by atoms with van der Waals surface area (Å²) in [6.45, 7) is 4.63. The molecule has 0 spiro atoms. The molecule has 0 saturated carbocycles. The molecular weight excluding hydrogens is 380 g/mol. The van der Waals surface area contributed by atoms with Gasteiger partial charge in [-0.1, -0.05) is 43.5 Å². The summed E-state index contributed by atoms with van der Waals surface area (Å²) in [5, 5.41) is 4.75. The van der Waals surface area contributed by atoms with E-state index >= 15 is 0 Å². The van der Waals surface area contributed by atoms with Crippen molar-refractivity contribution in [3.63, 3.8) is 0 Å². The maximum atomic E-state index is 12.4. The van der Waals surface area contributed by atoms with Gasteiger partial charge in [-0.05, 0) is 37.0 Å². The highest BCUT2D eigenvalue weighted by Crippen LogP contribution is 2.25. The lowest BCUT2D eigenvalue weighted by molar-refractivity contribution is -0.125. The minimum absolute atomic E-state index is 0.0454. The zero-order chi connectivity index (χ0) is 19.1. The van der Waals surface area contributed by atoms with Gasteiger partial charge >= 0.3 is 0 Å². The molecule has 1 unspecified atom stereocenters. The number of unbranched alkanes of at least 4 members (excludes halogenated alkanes) is 2. The van der Waals surface area contributed by atoms with Gasteiger partial charge in [0.05, 0.1) is 5.92 Å². The van der Waals surface area contributed by atoms with E-state index in [1.807, 2.05) is 24.3 Å². The Bertz CT molecular complexity index is 734. The summed E-state index contributed by atoms with van der Waals surface area (Å²) in [5.74, 6) is 1.05. The van der Waals surface area contributed by atoms with Crippen LogP contribution in [0, 0.1) is 5.92 Å². The third-order valence-electron chi connectivity index (χ3n) is 4.88. The predicted molar refractivity (Wildman–Crippen MR) is 112 cm³/mol. The Kier molecular flexibility index (Phi) is 7.47. The van der Waals surface area contributed by atoms with Crippen LogP contribution >= 0.6 is 23.1 Å². The van der Waals surface area contributed by atoms with Crippen LogP contribution in [0.1, 0.15) is 50.4 Å². The molecule has 2 aromatic rings. The zero-order valence-electron chi connectivity index (χ0n) is 15.8. The molecule has 3 rings (SSSR count). The largest absolute Gasteiger partial charge is 0.356 e. The standard InChI is InChI=1S/C20H27ClN4OS/c1-2-3-4-11-22-19(26)16-6-5-12-25(14-16)20-23-18(24-27-20)13-15-7-9-17(21)10-8-15/h7-10,16H,2-6,11-14H2,1H3,(H,22,26). The van der Waals surface area contributed by atoms with Crippen LogP contribution in [0.15, 0.2) is 24.3 Å². The van der Waals surface area contributed by atoms with Crippen LogP contribution < -0.4 is 10.2 Å². The average molecular weight is 407 g/mol.